The van der Waals surface area contributed by atoms with E-state index >= 15 is 0 Å². The van der Waals surface area contributed by atoms with Gasteiger partial charge in [-0.25, -0.2) is 0 Å². The van der Waals surface area contributed by atoms with Crippen LogP contribution in [0.15, 0.2) is 24.3 Å². The number of hydrogen-bond acceptors (Lipinski definition) is 4. The highest BCUT2D eigenvalue weighted by molar-refractivity contribution is 5.79. The maximum Gasteiger partial charge on any atom is 0.573 e. The Morgan fingerprint density at radius 3 is 2.29 bits per heavy atom. The number of rotatable bonds is 6. The van der Waals surface area contributed by atoms with E-state index in [2.05, 4.69) is 10.1 Å². The number of nitrogens with two attached hydrogens (primary N) is 1. The third-order valence-electron chi connectivity index (χ3n) is 2.42. The van der Waals surface area contributed by atoms with E-state index in [1.54, 1.807) is 0 Å². The summed E-state index contributed by atoms with van der Waals surface area (Å²) in [6.07, 6.45) is -5.24. The van der Waals surface area contributed by atoms with Crippen molar-refractivity contribution < 1.29 is 32.6 Å². The summed E-state index contributed by atoms with van der Waals surface area (Å²) in [6, 6.07) is 3.66. The number of ether oxygens (including phenoxy) is 1. The van der Waals surface area contributed by atoms with E-state index in [4.69, 9.17) is 10.8 Å². The molecule has 0 radical (unpaired) electrons. The van der Waals surface area contributed by atoms with Crippen LogP contribution in [0.25, 0.3) is 0 Å². The average Bonchev–Trinajstić information content (AvgIpc) is 2.36. The number of carbonyl (C=O) groups is 2. The highest BCUT2D eigenvalue weighted by Crippen LogP contribution is 2.25. The Balaban J connectivity index is 2.87. The second-order valence-electron chi connectivity index (χ2n) is 4.04. The molecular weight excluding hydrogens is 293 g/mol. The van der Waals surface area contributed by atoms with Crippen LogP contribution in [-0.2, 0) is 9.59 Å². The molecule has 0 saturated heterocycles. The summed E-state index contributed by atoms with van der Waals surface area (Å²) in [6.45, 7) is -0.328. The van der Waals surface area contributed by atoms with Gasteiger partial charge in [-0.3, -0.25) is 9.59 Å². The van der Waals surface area contributed by atoms with Crippen molar-refractivity contribution in [1.82, 2.24) is 5.32 Å². The second-order valence-corrected chi connectivity index (χ2v) is 4.04. The third-order valence-corrected chi connectivity index (χ3v) is 2.42. The number of carboxylic acid groups (broad SMARTS) is 1. The van der Waals surface area contributed by atoms with Crippen molar-refractivity contribution in [3.63, 3.8) is 0 Å². The molecule has 1 aromatic rings. The molecule has 6 nitrogen and oxygen atoms in total. The van der Waals surface area contributed by atoms with E-state index in [0.717, 1.165) is 12.1 Å². The number of aliphatic carboxylic acids is 1. The van der Waals surface area contributed by atoms with Crippen molar-refractivity contribution in [2.24, 2.45) is 5.73 Å². The lowest BCUT2D eigenvalue weighted by atomic mass is 10.0. The summed E-state index contributed by atoms with van der Waals surface area (Å²) in [5.41, 5.74) is 5.45. The smallest absolute Gasteiger partial charge is 0.481 e. The van der Waals surface area contributed by atoms with Crippen molar-refractivity contribution in [3.05, 3.63) is 29.8 Å². The maximum absolute atomic E-state index is 12.0. The van der Waals surface area contributed by atoms with E-state index < -0.39 is 36.5 Å². The lowest BCUT2D eigenvalue weighted by Gasteiger charge is -2.17. The van der Waals surface area contributed by atoms with Crippen molar-refractivity contribution in [3.8, 4) is 5.75 Å². The van der Waals surface area contributed by atoms with Gasteiger partial charge in [0, 0.05) is 0 Å². The van der Waals surface area contributed by atoms with E-state index in [1.165, 1.54) is 12.1 Å². The summed E-state index contributed by atoms with van der Waals surface area (Å²) < 4.78 is 39.8. The van der Waals surface area contributed by atoms with Gasteiger partial charge >= 0.3 is 12.3 Å². The number of halogens is 3. The van der Waals surface area contributed by atoms with Crippen molar-refractivity contribution >= 4 is 11.9 Å². The molecule has 0 fully saturated rings. The Morgan fingerprint density at radius 2 is 1.86 bits per heavy atom. The predicted octanol–water partition coefficient (Wildman–Crippen LogP) is 1.18. The SMILES string of the molecule is NCC(=O)NC(CC(=O)O)c1ccc(OC(F)(F)F)cc1. The molecule has 1 amide bonds. The number of carboxylic acids is 1. The maximum atomic E-state index is 12.0. The van der Waals surface area contributed by atoms with Crippen molar-refractivity contribution in [2.45, 2.75) is 18.8 Å². The average molecular weight is 306 g/mol. The van der Waals surface area contributed by atoms with Gasteiger partial charge in [0.1, 0.15) is 5.75 Å². The van der Waals surface area contributed by atoms with E-state index in [9.17, 15) is 22.8 Å². The molecule has 9 heteroatoms. The molecule has 1 unspecified atom stereocenters. The lowest BCUT2D eigenvalue weighted by molar-refractivity contribution is -0.274. The largest absolute Gasteiger partial charge is 0.573 e. The summed E-state index contributed by atoms with van der Waals surface area (Å²) in [7, 11) is 0. The Hall–Kier alpha value is -2.29. The first kappa shape index (κ1) is 16.8. The summed E-state index contributed by atoms with van der Waals surface area (Å²) in [5.74, 6) is -2.18. The van der Waals surface area contributed by atoms with Gasteiger partial charge in [-0.05, 0) is 17.7 Å². The first-order chi connectivity index (χ1) is 9.71. The first-order valence-corrected chi connectivity index (χ1v) is 5.78. The summed E-state index contributed by atoms with van der Waals surface area (Å²) in [5, 5.41) is 11.2. The van der Waals surface area contributed by atoms with Gasteiger partial charge < -0.3 is 20.9 Å². The number of benzene rings is 1. The number of carbonyl (C=O) groups excluding carboxylic acids is 1. The zero-order valence-electron chi connectivity index (χ0n) is 10.7. The van der Waals surface area contributed by atoms with Gasteiger partial charge in [-0.1, -0.05) is 12.1 Å². The molecule has 0 aliphatic heterocycles. The number of hydrogen-bond donors (Lipinski definition) is 3. The van der Waals surface area contributed by atoms with Crippen LogP contribution in [-0.4, -0.2) is 29.9 Å². The quantitative estimate of drug-likeness (QED) is 0.732. The molecule has 1 rings (SSSR count). The fraction of sp³-hybridized carbons (Fsp3) is 0.333. The minimum atomic E-state index is -4.81. The van der Waals surface area contributed by atoms with E-state index in [-0.39, 0.29) is 6.54 Å². The topological polar surface area (TPSA) is 102 Å². The van der Waals surface area contributed by atoms with Gasteiger partial charge in [0.2, 0.25) is 5.91 Å². The zero-order chi connectivity index (χ0) is 16.0. The molecule has 0 aromatic heterocycles. The molecule has 4 N–H and O–H groups in total. The Bertz CT molecular complexity index is 502. The highest BCUT2D eigenvalue weighted by atomic mass is 19.4. The van der Waals surface area contributed by atoms with Gasteiger partial charge in [-0.2, -0.15) is 0 Å². The monoisotopic (exact) mass is 306 g/mol. The van der Waals surface area contributed by atoms with E-state index in [0.29, 0.717) is 5.56 Å². The van der Waals surface area contributed by atoms with Crippen LogP contribution in [0.4, 0.5) is 13.2 Å². The standard InChI is InChI=1S/C12H13F3N2O4/c13-12(14,15)21-8-3-1-7(2-4-8)9(5-11(19)20)17-10(18)6-16/h1-4,9H,5-6,16H2,(H,17,18)(H,19,20). The Morgan fingerprint density at radius 1 is 1.29 bits per heavy atom. The Labute approximate surface area is 117 Å². The van der Waals surface area contributed by atoms with Crippen LogP contribution in [0, 0.1) is 0 Å². The summed E-state index contributed by atoms with van der Waals surface area (Å²) >= 11 is 0. The van der Waals surface area contributed by atoms with Crippen molar-refractivity contribution in [2.75, 3.05) is 6.54 Å². The molecular formula is C12H13F3N2O4. The molecule has 21 heavy (non-hydrogen) atoms. The van der Waals surface area contributed by atoms with Crippen LogP contribution in [0.3, 0.4) is 0 Å². The lowest BCUT2D eigenvalue weighted by Crippen LogP contribution is -2.34. The molecule has 1 atom stereocenters. The van der Waals surface area contributed by atoms with Crippen molar-refractivity contribution in [1.29, 1.82) is 0 Å². The Kier molecular flexibility index (Phi) is 5.53. The molecule has 116 valence electrons. The van der Waals surface area contributed by atoms with Crippen LogP contribution in [0.1, 0.15) is 18.0 Å². The summed E-state index contributed by atoms with van der Waals surface area (Å²) in [4.78, 5) is 22.0. The van der Waals surface area contributed by atoms with Gasteiger partial charge in [0.05, 0.1) is 19.0 Å². The number of amides is 1. The molecule has 0 heterocycles. The fourth-order valence-electron chi connectivity index (χ4n) is 1.58. The van der Waals surface area contributed by atoms with Crippen LogP contribution in [0.2, 0.25) is 0 Å². The molecule has 0 aliphatic carbocycles. The number of alkyl halides is 3. The highest BCUT2D eigenvalue weighted by Gasteiger charge is 2.31. The second kappa shape index (κ2) is 6.93. The molecule has 0 saturated carbocycles. The first-order valence-electron chi connectivity index (χ1n) is 5.78. The van der Waals surface area contributed by atoms with Gasteiger partial charge in [-0.15, -0.1) is 13.2 Å². The predicted molar refractivity (Wildman–Crippen MR) is 65.3 cm³/mol. The molecule has 0 spiro atoms. The number of nitrogens with one attached hydrogen (secondary N) is 1. The van der Waals surface area contributed by atoms with Crippen LogP contribution in [0.5, 0.6) is 5.75 Å². The van der Waals surface area contributed by atoms with E-state index in [1.807, 2.05) is 0 Å². The molecule has 1 aromatic carbocycles. The van der Waals surface area contributed by atoms with Crippen LogP contribution < -0.4 is 15.8 Å². The molecule has 0 bridgehead atoms. The minimum absolute atomic E-state index is 0.328. The third kappa shape index (κ3) is 6.13. The van der Waals surface area contributed by atoms with Gasteiger partial charge in [0.25, 0.3) is 0 Å². The van der Waals surface area contributed by atoms with Gasteiger partial charge in [0.15, 0.2) is 0 Å². The minimum Gasteiger partial charge on any atom is -0.481 e. The fourth-order valence-corrected chi connectivity index (χ4v) is 1.58. The van der Waals surface area contributed by atoms with Crippen LogP contribution >= 0.6 is 0 Å². The normalized spacial score (nSPS) is 12.6. The zero-order valence-corrected chi connectivity index (χ0v) is 10.7. The molecule has 0 aliphatic rings.